The second kappa shape index (κ2) is 8.33. The van der Waals surface area contributed by atoms with Crippen molar-refractivity contribution >= 4 is 34.9 Å². The maximum absolute atomic E-state index is 12.0. The van der Waals surface area contributed by atoms with Gasteiger partial charge in [-0.05, 0) is 36.1 Å². The van der Waals surface area contributed by atoms with E-state index in [-0.39, 0.29) is 5.78 Å². The molecule has 0 saturated carbocycles. The van der Waals surface area contributed by atoms with Crippen LogP contribution in [-0.4, -0.2) is 24.4 Å². The van der Waals surface area contributed by atoms with Crippen LogP contribution >= 0.6 is 23.5 Å². The van der Waals surface area contributed by atoms with Gasteiger partial charge in [0.15, 0.2) is 5.78 Å². The zero-order valence-electron chi connectivity index (χ0n) is 11.9. The lowest BCUT2D eigenvalue weighted by molar-refractivity contribution is -0.111. The van der Waals surface area contributed by atoms with E-state index in [4.69, 9.17) is 4.74 Å². The van der Waals surface area contributed by atoms with E-state index in [2.05, 4.69) is 13.8 Å². The summed E-state index contributed by atoms with van der Waals surface area (Å²) in [6, 6.07) is 7.68. The van der Waals surface area contributed by atoms with E-state index in [0.717, 1.165) is 32.6 Å². The number of ether oxygens (including phenoxy) is 1. The number of allylic oxidation sites excluding steroid dienone is 1. The van der Waals surface area contributed by atoms with Crippen LogP contribution in [0.2, 0.25) is 0 Å². The molecule has 0 saturated heterocycles. The van der Waals surface area contributed by atoms with E-state index in [9.17, 15) is 4.79 Å². The fourth-order valence-electron chi connectivity index (χ4n) is 1.67. The topological polar surface area (TPSA) is 26.3 Å². The van der Waals surface area contributed by atoms with Crippen LogP contribution in [0.4, 0.5) is 0 Å². The van der Waals surface area contributed by atoms with E-state index < -0.39 is 0 Å². The van der Waals surface area contributed by atoms with Crippen molar-refractivity contribution in [3.8, 4) is 5.75 Å². The van der Waals surface area contributed by atoms with Gasteiger partial charge in [0.05, 0.1) is 11.3 Å². The van der Waals surface area contributed by atoms with Crippen molar-refractivity contribution in [2.75, 3.05) is 18.6 Å². The molecule has 0 amide bonds. The second-order valence-corrected chi connectivity index (χ2v) is 6.62. The molecule has 1 aromatic carbocycles. The third-order valence-electron chi connectivity index (χ3n) is 2.49. The van der Waals surface area contributed by atoms with Crippen LogP contribution in [0.1, 0.15) is 26.3 Å². The third-order valence-corrected chi connectivity index (χ3v) is 4.70. The molecule has 104 valence electrons. The molecule has 0 fully saturated rings. The van der Waals surface area contributed by atoms with Gasteiger partial charge in [0, 0.05) is 5.57 Å². The quantitative estimate of drug-likeness (QED) is 0.694. The van der Waals surface area contributed by atoms with Gasteiger partial charge in [0.25, 0.3) is 0 Å². The molecule has 1 rings (SSSR count). The van der Waals surface area contributed by atoms with Gasteiger partial charge >= 0.3 is 0 Å². The van der Waals surface area contributed by atoms with Gasteiger partial charge in [-0.2, -0.15) is 0 Å². The number of thioether (sulfide) groups is 2. The fraction of sp³-hybridized carbons (Fsp3) is 0.400. The van der Waals surface area contributed by atoms with Crippen molar-refractivity contribution in [2.24, 2.45) is 0 Å². The van der Waals surface area contributed by atoms with E-state index >= 15 is 0 Å². The summed E-state index contributed by atoms with van der Waals surface area (Å²) in [7, 11) is 1.64. The first-order valence-corrected chi connectivity index (χ1v) is 8.26. The highest BCUT2D eigenvalue weighted by Crippen LogP contribution is 2.36. The third kappa shape index (κ3) is 4.62. The van der Waals surface area contributed by atoms with Gasteiger partial charge in [-0.3, -0.25) is 4.79 Å². The number of benzene rings is 1. The Morgan fingerprint density at radius 2 is 1.63 bits per heavy atom. The molecule has 19 heavy (non-hydrogen) atoms. The predicted octanol–water partition coefficient (Wildman–Crippen LogP) is 4.46. The molecule has 2 nitrogen and oxygen atoms in total. The highest BCUT2D eigenvalue weighted by molar-refractivity contribution is 8.22. The average molecular weight is 296 g/mol. The van der Waals surface area contributed by atoms with Gasteiger partial charge in [-0.25, -0.2) is 0 Å². The van der Waals surface area contributed by atoms with Crippen LogP contribution in [-0.2, 0) is 4.79 Å². The lowest BCUT2D eigenvalue weighted by Crippen LogP contribution is -1.99. The molecule has 0 bridgehead atoms. The van der Waals surface area contributed by atoms with Crippen molar-refractivity contribution in [3.05, 3.63) is 34.1 Å². The van der Waals surface area contributed by atoms with Gasteiger partial charge < -0.3 is 4.74 Å². The number of rotatable bonds is 7. The van der Waals surface area contributed by atoms with E-state index in [1.165, 1.54) is 0 Å². The van der Waals surface area contributed by atoms with Crippen LogP contribution in [0.3, 0.4) is 0 Å². The number of carbonyl (C=O) groups is 1. The monoisotopic (exact) mass is 296 g/mol. The molecule has 0 atom stereocenters. The van der Waals surface area contributed by atoms with Gasteiger partial charge in [0.1, 0.15) is 5.75 Å². The Labute approximate surface area is 124 Å². The maximum atomic E-state index is 12.0. The normalized spacial score (nSPS) is 10.1. The first kappa shape index (κ1) is 16.2. The fourth-order valence-corrected chi connectivity index (χ4v) is 4.05. The van der Waals surface area contributed by atoms with Crippen molar-refractivity contribution in [3.63, 3.8) is 0 Å². The molecular weight excluding hydrogens is 276 g/mol. The molecule has 0 aliphatic carbocycles. The maximum Gasteiger partial charge on any atom is 0.162 e. The first-order valence-electron chi connectivity index (χ1n) is 6.29. The van der Waals surface area contributed by atoms with Crippen LogP contribution in [0.25, 0.3) is 5.57 Å². The summed E-state index contributed by atoms with van der Waals surface area (Å²) in [6.07, 6.45) is 0. The Morgan fingerprint density at radius 3 is 2.00 bits per heavy atom. The summed E-state index contributed by atoms with van der Waals surface area (Å²) in [6.45, 7) is 5.84. The Hall–Kier alpha value is -0.870. The summed E-state index contributed by atoms with van der Waals surface area (Å²) >= 11 is 3.47. The molecule has 1 aromatic rings. The Morgan fingerprint density at radius 1 is 1.11 bits per heavy atom. The minimum Gasteiger partial charge on any atom is -0.497 e. The zero-order chi connectivity index (χ0) is 14.3. The standard InChI is InChI=1S/C15H20O2S2/c1-5-18-15(19-6-2)14(11(3)16)12-7-9-13(17-4)10-8-12/h7-10H,5-6H2,1-4H3. The second-order valence-electron chi connectivity index (χ2n) is 3.81. The highest BCUT2D eigenvalue weighted by atomic mass is 32.2. The van der Waals surface area contributed by atoms with Crippen molar-refractivity contribution in [1.29, 1.82) is 0 Å². The number of hydrogen-bond acceptors (Lipinski definition) is 4. The number of carbonyl (C=O) groups excluding carboxylic acids is 1. The van der Waals surface area contributed by atoms with Crippen molar-refractivity contribution in [1.82, 2.24) is 0 Å². The zero-order valence-corrected chi connectivity index (χ0v) is 13.5. The minimum absolute atomic E-state index is 0.113. The average Bonchev–Trinajstić information content (AvgIpc) is 2.40. The molecule has 0 radical (unpaired) electrons. The number of hydrogen-bond donors (Lipinski definition) is 0. The minimum atomic E-state index is 0.113. The van der Waals surface area contributed by atoms with Gasteiger partial charge in [0.2, 0.25) is 0 Å². The smallest absolute Gasteiger partial charge is 0.162 e. The first-order chi connectivity index (χ1) is 9.13. The van der Waals surface area contributed by atoms with Gasteiger partial charge in [-0.15, -0.1) is 23.5 Å². The SMILES string of the molecule is CCSC(SCC)=C(C(C)=O)c1ccc(OC)cc1. The summed E-state index contributed by atoms with van der Waals surface area (Å²) < 4.78 is 6.27. The van der Waals surface area contributed by atoms with E-state index in [1.807, 2.05) is 24.3 Å². The molecule has 0 spiro atoms. The summed E-state index contributed by atoms with van der Waals surface area (Å²) in [5, 5.41) is 0. The van der Waals surface area contributed by atoms with Crippen LogP contribution in [0, 0.1) is 0 Å². The predicted molar refractivity (Wildman–Crippen MR) is 86.9 cm³/mol. The van der Waals surface area contributed by atoms with Crippen molar-refractivity contribution in [2.45, 2.75) is 20.8 Å². The highest BCUT2D eigenvalue weighted by Gasteiger charge is 2.14. The molecule has 0 unspecified atom stereocenters. The summed E-state index contributed by atoms with van der Waals surface area (Å²) in [5.41, 5.74) is 1.78. The van der Waals surface area contributed by atoms with E-state index in [0.29, 0.717) is 0 Å². The Kier molecular flexibility index (Phi) is 7.10. The Balaban J connectivity index is 3.22. The largest absolute Gasteiger partial charge is 0.497 e. The molecule has 0 aliphatic heterocycles. The molecule has 0 N–H and O–H groups in total. The Bertz CT molecular complexity index is 442. The summed E-state index contributed by atoms with van der Waals surface area (Å²) in [5.74, 6) is 2.85. The molecule has 0 aliphatic rings. The number of ketones is 1. The van der Waals surface area contributed by atoms with Crippen LogP contribution < -0.4 is 4.74 Å². The lowest BCUT2D eigenvalue weighted by Gasteiger charge is -2.12. The lowest BCUT2D eigenvalue weighted by atomic mass is 10.0. The van der Waals surface area contributed by atoms with Gasteiger partial charge in [-0.1, -0.05) is 26.0 Å². The summed E-state index contributed by atoms with van der Waals surface area (Å²) in [4.78, 5) is 12.0. The molecule has 0 aromatic heterocycles. The van der Waals surface area contributed by atoms with E-state index in [1.54, 1.807) is 37.6 Å². The molecule has 0 heterocycles. The van der Waals surface area contributed by atoms with Crippen molar-refractivity contribution < 1.29 is 9.53 Å². The molecule has 4 heteroatoms. The molecular formula is C15H20O2S2. The number of methoxy groups -OCH3 is 1. The number of Topliss-reactive ketones (excluding diaryl/α,β-unsaturated/α-hetero) is 1. The van der Waals surface area contributed by atoms with Crippen LogP contribution in [0.5, 0.6) is 5.75 Å². The van der Waals surface area contributed by atoms with Crippen LogP contribution in [0.15, 0.2) is 28.5 Å².